The summed E-state index contributed by atoms with van der Waals surface area (Å²) in [4.78, 5) is 9.73. The lowest BCUT2D eigenvalue weighted by molar-refractivity contribution is -0.00591. The highest BCUT2D eigenvalue weighted by molar-refractivity contribution is 5.34. The normalized spacial score (nSPS) is 12.1. The maximum atomic E-state index is 5.51. The maximum absolute atomic E-state index is 5.51. The topological polar surface area (TPSA) is 46.2 Å². The molecule has 1 aromatic carbocycles. The fourth-order valence-corrected chi connectivity index (χ4v) is 1.70. The highest BCUT2D eigenvalue weighted by Gasteiger charge is 2.11. The molecule has 2 N–H and O–H groups in total. The summed E-state index contributed by atoms with van der Waals surface area (Å²) in [6.07, 6.45) is 1.71. The van der Waals surface area contributed by atoms with E-state index in [0.717, 1.165) is 11.4 Å². The summed E-state index contributed by atoms with van der Waals surface area (Å²) in [5, 5.41) is 3.25. The van der Waals surface area contributed by atoms with Crippen LogP contribution in [0.3, 0.4) is 0 Å². The summed E-state index contributed by atoms with van der Waals surface area (Å²) in [5.74, 6) is 0.845. The summed E-state index contributed by atoms with van der Waals surface area (Å²) in [6, 6.07) is 15.9. The Kier molecular flexibility index (Phi) is 4.69. The molecule has 0 aliphatic rings. The van der Waals surface area contributed by atoms with E-state index in [0.29, 0.717) is 6.54 Å². The average Bonchev–Trinajstić information content (AvgIpc) is 2.45. The molecular weight excluding hydrogens is 226 g/mol. The van der Waals surface area contributed by atoms with Gasteiger partial charge in [-0.05, 0) is 17.7 Å². The van der Waals surface area contributed by atoms with Crippen LogP contribution in [0.1, 0.15) is 11.7 Å². The summed E-state index contributed by atoms with van der Waals surface area (Å²) in [5.41, 5.74) is 3.86. The first-order chi connectivity index (χ1) is 8.90. The van der Waals surface area contributed by atoms with Crippen LogP contribution in [0.25, 0.3) is 0 Å². The van der Waals surface area contributed by atoms with Crippen LogP contribution in [0.4, 0.5) is 5.82 Å². The number of nitrogens with one attached hydrogen (secondary N) is 2. The second kappa shape index (κ2) is 6.74. The van der Waals surface area contributed by atoms with Gasteiger partial charge in [0.25, 0.3) is 0 Å². The molecule has 0 spiro atoms. The monoisotopic (exact) mass is 243 g/mol. The molecule has 0 aliphatic heterocycles. The lowest BCUT2D eigenvalue weighted by Crippen LogP contribution is -2.21. The van der Waals surface area contributed by atoms with Crippen LogP contribution in [-0.2, 0) is 4.84 Å². The van der Waals surface area contributed by atoms with Crippen molar-refractivity contribution in [3.05, 3.63) is 60.3 Å². The Morgan fingerprint density at radius 3 is 2.56 bits per heavy atom. The lowest BCUT2D eigenvalue weighted by Gasteiger charge is -2.18. The smallest absolute Gasteiger partial charge is 0.125 e. The molecule has 4 nitrogen and oxygen atoms in total. The Morgan fingerprint density at radius 1 is 1.11 bits per heavy atom. The van der Waals surface area contributed by atoms with Crippen LogP contribution < -0.4 is 10.8 Å². The van der Waals surface area contributed by atoms with Crippen molar-refractivity contribution in [1.82, 2.24) is 10.5 Å². The number of pyridine rings is 1. The number of rotatable bonds is 6. The van der Waals surface area contributed by atoms with Crippen molar-refractivity contribution in [2.24, 2.45) is 0 Å². The largest absolute Gasteiger partial charge is 0.367 e. The fraction of sp³-hybridized carbons (Fsp3) is 0.214. The van der Waals surface area contributed by atoms with Crippen molar-refractivity contribution in [2.45, 2.75) is 6.10 Å². The van der Waals surface area contributed by atoms with Crippen molar-refractivity contribution in [2.75, 3.05) is 18.9 Å². The van der Waals surface area contributed by atoms with Crippen molar-refractivity contribution in [3.63, 3.8) is 0 Å². The number of aromatic nitrogens is 1. The Bertz CT molecular complexity index is 447. The van der Waals surface area contributed by atoms with Gasteiger partial charge in [0.05, 0.1) is 0 Å². The maximum Gasteiger partial charge on any atom is 0.125 e. The van der Waals surface area contributed by atoms with E-state index in [1.165, 1.54) is 0 Å². The van der Waals surface area contributed by atoms with Crippen molar-refractivity contribution in [3.8, 4) is 0 Å². The van der Waals surface area contributed by atoms with Gasteiger partial charge in [-0.3, -0.25) is 4.84 Å². The molecule has 4 heteroatoms. The third kappa shape index (κ3) is 3.55. The van der Waals surface area contributed by atoms with Gasteiger partial charge in [0, 0.05) is 19.8 Å². The average molecular weight is 243 g/mol. The van der Waals surface area contributed by atoms with Crippen LogP contribution in [0, 0.1) is 0 Å². The zero-order valence-corrected chi connectivity index (χ0v) is 10.3. The first-order valence-electron chi connectivity index (χ1n) is 5.92. The Labute approximate surface area is 107 Å². The van der Waals surface area contributed by atoms with Crippen LogP contribution >= 0.6 is 0 Å². The van der Waals surface area contributed by atoms with E-state index in [2.05, 4.69) is 15.8 Å². The third-order valence-corrected chi connectivity index (χ3v) is 2.56. The van der Waals surface area contributed by atoms with E-state index in [1.54, 1.807) is 13.2 Å². The Hall–Kier alpha value is -1.91. The summed E-state index contributed by atoms with van der Waals surface area (Å²) >= 11 is 0. The van der Waals surface area contributed by atoms with Crippen molar-refractivity contribution >= 4 is 5.82 Å². The molecular formula is C14H17N3O. The standard InChI is InChI=1S/C14H17N3O/c1-15-18-13(12-7-3-2-4-8-12)11-17-14-9-5-6-10-16-14/h2-10,13,15H,11H2,1H3,(H,16,17). The third-order valence-electron chi connectivity index (χ3n) is 2.56. The molecule has 94 valence electrons. The molecule has 0 aliphatic carbocycles. The quantitative estimate of drug-likeness (QED) is 0.765. The SMILES string of the molecule is CNOC(CNc1ccccn1)c1ccccc1. The van der Waals surface area contributed by atoms with E-state index in [4.69, 9.17) is 4.84 Å². The minimum Gasteiger partial charge on any atom is -0.367 e. The molecule has 1 aromatic heterocycles. The van der Waals surface area contributed by atoms with Gasteiger partial charge in [-0.15, -0.1) is 0 Å². The minimum absolute atomic E-state index is 0.0572. The van der Waals surface area contributed by atoms with Crippen LogP contribution in [0.15, 0.2) is 54.7 Å². The van der Waals surface area contributed by atoms with Crippen LogP contribution in [-0.4, -0.2) is 18.6 Å². The second-order valence-electron chi connectivity index (χ2n) is 3.82. The highest BCUT2D eigenvalue weighted by Crippen LogP contribution is 2.16. The molecule has 0 radical (unpaired) electrons. The number of hydrogen-bond donors (Lipinski definition) is 2. The van der Waals surface area contributed by atoms with E-state index in [1.807, 2.05) is 48.5 Å². The van der Waals surface area contributed by atoms with Gasteiger partial charge in [0.15, 0.2) is 0 Å². The summed E-state index contributed by atoms with van der Waals surface area (Å²) in [7, 11) is 1.76. The molecule has 2 aromatic rings. The lowest BCUT2D eigenvalue weighted by atomic mass is 10.1. The van der Waals surface area contributed by atoms with Crippen LogP contribution in [0.5, 0.6) is 0 Å². The van der Waals surface area contributed by atoms with Crippen LogP contribution in [0.2, 0.25) is 0 Å². The van der Waals surface area contributed by atoms with Crippen molar-refractivity contribution in [1.29, 1.82) is 0 Å². The fourth-order valence-electron chi connectivity index (χ4n) is 1.70. The Balaban J connectivity index is 1.99. The molecule has 0 fully saturated rings. The molecule has 1 atom stereocenters. The van der Waals surface area contributed by atoms with Gasteiger partial charge in [0.2, 0.25) is 0 Å². The molecule has 0 bridgehead atoms. The highest BCUT2D eigenvalue weighted by atomic mass is 16.7. The number of hydroxylamine groups is 1. The molecule has 1 heterocycles. The first kappa shape index (κ1) is 12.5. The minimum atomic E-state index is -0.0572. The summed E-state index contributed by atoms with van der Waals surface area (Å²) < 4.78 is 0. The van der Waals surface area contributed by atoms with Gasteiger partial charge < -0.3 is 5.32 Å². The predicted molar refractivity (Wildman–Crippen MR) is 72.1 cm³/mol. The number of hydrogen-bond acceptors (Lipinski definition) is 4. The van der Waals surface area contributed by atoms with Gasteiger partial charge in [-0.25, -0.2) is 10.5 Å². The zero-order chi connectivity index (χ0) is 12.6. The Morgan fingerprint density at radius 2 is 1.89 bits per heavy atom. The predicted octanol–water partition coefficient (Wildman–Crippen LogP) is 2.39. The number of anilines is 1. The van der Waals surface area contributed by atoms with E-state index < -0.39 is 0 Å². The number of nitrogens with zero attached hydrogens (tertiary/aromatic N) is 1. The van der Waals surface area contributed by atoms with Gasteiger partial charge >= 0.3 is 0 Å². The molecule has 2 rings (SSSR count). The van der Waals surface area contributed by atoms with E-state index in [-0.39, 0.29) is 6.10 Å². The number of benzene rings is 1. The first-order valence-corrected chi connectivity index (χ1v) is 5.92. The van der Waals surface area contributed by atoms with Gasteiger partial charge in [-0.2, -0.15) is 0 Å². The molecule has 18 heavy (non-hydrogen) atoms. The van der Waals surface area contributed by atoms with E-state index >= 15 is 0 Å². The van der Waals surface area contributed by atoms with Crippen molar-refractivity contribution < 1.29 is 4.84 Å². The molecule has 0 amide bonds. The van der Waals surface area contributed by atoms with Gasteiger partial charge in [-0.1, -0.05) is 36.4 Å². The summed E-state index contributed by atoms with van der Waals surface area (Å²) in [6.45, 7) is 0.655. The molecule has 0 saturated carbocycles. The van der Waals surface area contributed by atoms with E-state index in [9.17, 15) is 0 Å². The van der Waals surface area contributed by atoms with Gasteiger partial charge in [0.1, 0.15) is 11.9 Å². The zero-order valence-electron chi connectivity index (χ0n) is 10.3. The molecule has 0 saturated heterocycles. The molecule has 1 unspecified atom stereocenters. The second-order valence-corrected chi connectivity index (χ2v) is 3.82.